The molecule has 1 atom stereocenters. The van der Waals surface area contributed by atoms with E-state index in [2.05, 4.69) is 31.0 Å². The van der Waals surface area contributed by atoms with E-state index in [0.29, 0.717) is 5.92 Å². The monoisotopic (exact) mass is 293 g/mol. The van der Waals surface area contributed by atoms with Gasteiger partial charge >= 0.3 is 0 Å². The largest absolute Gasteiger partial charge is 0.327 e. The first-order valence-corrected chi connectivity index (χ1v) is 8.23. The van der Waals surface area contributed by atoms with Gasteiger partial charge in [-0.1, -0.05) is 44.9 Å². The zero-order chi connectivity index (χ0) is 14.3. The van der Waals surface area contributed by atoms with Crippen molar-refractivity contribution in [2.45, 2.75) is 64.8 Å². The van der Waals surface area contributed by atoms with Crippen LogP contribution >= 0.6 is 11.3 Å². The van der Waals surface area contributed by atoms with Crippen molar-refractivity contribution in [2.75, 3.05) is 0 Å². The summed E-state index contributed by atoms with van der Waals surface area (Å²) in [6.07, 6.45) is 5.84. The summed E-state index contributed by atoms with van der Waals surface area (Å²) in [6, 6.07) is 0.112. The van der Waals surface area contributed by atoms with Crippen molar-refractivity contribution >= 4 is 16.3 Å². The average Bonchev–Trinajstić information content (AvgIpc) is 3.01. The molecular weight excluding hydrogens is 270 g/mol. The Morgan fingerprint density at radius 3 is 2.65 bits per heavy atom. The summed E-state index contributed by atoms with van der Waals surface area (Å²) < 4.78 is 1.95. The van der Waals surface area contributed by atoms with Gasteiger partial charge in [0, 0.05) is 18.4 Å². The van der Waals surface area contributed by atoms with E-state index < -0.39 is 0 Å². The molecule has 0 aliphatic heterocycles. The normalized spacial score (nSPS) is 19.0. The lowest BCUT2D eigenvalue weighted by Crippen LogP contribution is -2.36. The van der Waals surface area contributed by atoms with Gasteiger partial charge in [0.15, 0.2) is 5.82 Å². The second kappa shape index (κ2) is 5.07. The van der Waals surface area contributed by atoms with Crippen LogP contribution in [0.3, 0.4) is 0 Å². The highest BCUT2D eigenvalue weighted by Gasteiger charge is 2.26. The molecule has 1 saturated carbocycles. The summed E-state index contributed by atoms with van der Waals surface area (Å²) >= 11 is 1.62. The molecule has 20 heavy (non-hydrogen) atoms. The van der Waals surface area contributed by atoms with Crippen LogP contribution in [-0.2, 0) is 6.42 Å². The van der Waals surface area contributed by atoms with Gasteiger partial charge in [-0.05, 0) is 18.3 Å². The van der Waals surface area contributed by atoms with Crippen molar-refractivity contribution in [3.8, 4) is 0 Å². The van der Waals surface area contributed by atoms with Gasteiger partial charge in [0.2, 0.25) is 4.96 Å². The molecule has 0 bridgehead atoms. The second-order valence-corrected chi connectivity index (χ2v) is 7.95. The number of aromatic nitrogens is 4. The van der Waals surface area contributed by atoms with E-state index >= 15 is 0 Å². The lowest BCUT2D eigenvalue weighted by molar-refractivity contribution is 0.317. The van der Waals surface area contributed by atoms with Crippen molar-refractivity contribution in [2.24, 2.45) is 11.1 Å². The van der Waals surface area contributed by atoms with Crippen LogP contribution in [0.4, 0.5) is 0 Å². The second-order valence-electron chi connectivity index (χ2n) is 6.91. The SMILES string of the molecule is CC(C)(C)C(N)Cc1nn2c(C3CCCC3)nnc2s1. The fourth-order valence-corrected chi connectivity index (χ4v) is 3.59. The van der Waals surface area contributed by atoms with Gasteiger partial charge in [0.1, 0.15) is 5.01 Å². The highest BCUT2D eigenvalue weighted by Crippen LogP contribution is 2.33. The Balaban J connectivity index is 1.84. The Morgan fingerprint density at radius 1 is 1.30 bits per heavy atom. The number of hydrogen-bond acceptors (Lipinski definition) is 5. The molecule has 1 aliphatic rings. The van der Waals surface area contributed by atoms with Gasteiger partial charge in [-0.25, -0.2) is 0 Å². The lowest BCUT2D eigenvalue weighted by atomic mass is 9.86. The van der Waals surface area contributed by atoms with Crippen LogP contribution in [0, 0.1) is 5.41 Å². The quantitative estimate of drug-likeness (QED) is 0.944. The predicted molar refractivity (Wildman–Crippen MR) is 81.0 cm³/mol. The minimum absolute atomic E-state index is 0.0975. The predicted octanol–water partition coefficient (Wildman–Crippen LogP) is 2.76. The molecule has 0 aromatic carbocycles. The van der Waals surface area contributed by atoms with Crippen LogP contribution < -0.4 is 5.73 Å². The lowest BCUT2D eigenvalue weighted by Gasteiger charge is -2.25. The van der Waals surface area contributed by atoms with Crippen molar-refractivity contribution in [1.29, 1.82) is 0 Å². The molecule has 2 aromatic heterocycles. The Bertz CT molecular complexity index is 588. The maximum Gasteiger partial charge on any atom is 0.234 e. The number of nitrogens with two attached hydrogens (primary N) is 1. The first kappa shape index (κ1) is 13.9. The molecule has 1 aliphatic carbocycles. The van der Waals surface area contributed by atoms with Crippen molar-refractivity contribution < 1.29 is 0 Å². The molecule has 0 saturated heterocycles. The molecule has 0 amide bonds. The number of rotatable bonds is 3. The van der Waals surface area contributed by atoms with E-state index in [1.807, 2.05) is 4.52 Å². The smallest absolute Gasteiger partial charge is 0.234 e. The topological polar surface area (TPSA) is 69.1 Å². The highest BCUT2D eigenvalue weighted by atomic mass is 32.1. The zero-order valence-electron chi connectivity index (χ0n) is 12.5. The highest BCUT2D eigenvalue weighted by molar-refractivity contribution is 7.16. The molecule has 1 fully saturated rings. The van der Waals surface area contributed by atoms with Crippen LogP contribution in [0.25, 0.3) is 4.96 Å². The fourth-order valence-electron chi connectivity index (χ4n) is 2.69. The van der Waals surface area contributed by atoms with Crippen LogP contribution in [0.1, 0.15) is 63.2 Å². The van der Waals surface area contributed by atoms with E-state index in [4.69, 9.17) is 10.8 Å². The molecule has 0 radical (unpaired) electrons. The van der Waals surface area contributed by atoms with Gasteiger partial charge < -0.3 is 5.73 Å². The van der Waals surface area contributed by atoms with Crippen molar-refractivity contribution in [1.82, 2.24) is 19.8 Å². The van der Waals surface area contributed by atoms with Crippen LogP contribution in [0.15, 0.2) is 0 Å². The van der Waals surface area contributed by atoms with Crippen LogP contribution in [0.5, 0.6) is 0 Å². The average molecular weight is 293 g/mol. The third-order valence-electron chi connectivity index (χ3n) is 4.28. The van der Waals surface area contributed by atoms with Crippen LogP contribution in [0.2, 0.25) is 0 Å². The van der Waals surface area contributed by atoms with Crippen LogP contribution in [-0.4, -0.2) is 25.9 Å². The summed E-state index contributed by atoms with van der Waals surface area (Å²) in [5, 5.41) is 14.4. The maximum absolute atomic E-state index is 6.25. The fraction of sp³-hybridized carbons (Fsp3) is 0.786. The zero-order valence-corrected chi connectivity index (χ0v) is 13.3. The van der Waals surface area contributed by atoms with Gasteiger partial charge in [-0.2, -0.15) is 9.61 Å². The molecule has 2 aromatic rings. The number of hydrogen-bond donors (Lipinski definition) is 1. The third-order valence-corrected chi connectivity index (χ3v) is 5.21. The summed E-state index contributed by atoms with van der Waals surface area (Å²) in [6.45, 7) is 6.51. The van der Waals surface area contributed by atoms with Gasteiger partial charge in [0.05, 0.1) is 0 Å². The first-order valence-electron chi connectivity index (χ1n) is 7.42. The van der Waals surface area contributed by atoms with Crippen molar-refractivity contribution in [3.63, 3.8) is 0 Å². The molecule has 1 unspecified atom stereocenters. The van der Waals surface area contributed by atoms with Gasteiger partial charge in [-0.3, -0.25) is 0 Å². The summed E-state index contributed by atoms with van der Waals surface area (Å²) in [4.78, 5) is 0.906. The molecule has 110 valence electrons. The van der Waals surface area contributed by atoms with E-state index in [-0.39, 0.29) is 11.5 Å². The van der Waals surface area contributed by atoms with E-state index in [0.717, 1.165) is 22.2 Å². The molecule has 2 heterocycles. The van der Waals surface area contributed by atoms with Crippen molar-refractivity contribution in [3.05, 3.63) is 10.8 Å². The van der Waals surface area contributed by atoms with E-state index in [9.17, 15) is 0 Å². The Hall–Kier alpha value is -1.01. The Kier molecular flexibility index (Phi) is 3.54. The standard InChI is InChI=1S/C14H23N5S/c1-14(2,3)10(15)8-11-18-19-12(9-6-4-5-7-9)16-17-13(19)20-11/h9-10H,4-8,15H2,1-3H3. The Labute approximate surface area is 123 Å². The van der Waals surface area contributed by atoms with E-state index in [1.54, 1.807) is 11.3 Å². The number of fused-ring (bicyclic) bond motifs is 1. The number of nitrogens with zero attached hydrogens (tertiary/aromatic N) is 4. The molecule has 3 rings (SSSR count). The molecule has 6 heteroatoms. The summed E-state index contributed by atoms with van der Waals surface area (Å²) in [5.41, 5.74) is 6.35. The summed E-state index contributed by atoms with van der Waals surface area (Å²) in [7, 11) is 0. The van der Waals surface area contributed by atoms with E-state index in [1.165, 1.54) is 25.7 Å². The van der Waals surface area contributed by atoms with Gasteiger partial charge in [-0.15, -0.1) is 10.2 Å². The Morgan fingerprint density at radius 2 is 2.00 bits per heavy atom. The van der Waals surface area contributed by atoms with Gasteiger partial charge in [0.25, 0.3) is 0 Å². The third kappa shape index (κ3) is 2.59. The molecular formula is C14H23N5S. The minimum atomic E-state index is 0.0975. The molecule has 5 nitrogen and oxygen atoms in total. The molecule has 2 N–H and O–H groups in total. The molecule has 0 spiro atoms. The maximum atomic E-state index is 6.25. The minimum Gasteiger partial charge on any atom is -0.327 e. The first-order chi connectivity index (χ1) is 9.45. The summed E-state index contributed by atoms with van der Waals surface area (Å²) in [5.74, 6) is 1.58.